The van der Waals surface area contributed by atoms with Crippen molar-refractivity contribution in [3.05, 3.63) is 24.0 Å². The average molecular weight is 248 g/mol. The molecule has 0 saturated heterocycles. The van der Waals surface area contributed by atoms with E-state index < -0.39 is 0 Å². The van der Waals surface area contributed by atoms with Gasteiger partial charge in [0.05, 0.1) is 12.8 Å². The molecule has 1 aromatic heterocycles. The Balaban J connectivity index is 2.04. The van der Waals surface area contributed by atoms with Gasteiger partial charge in [0.25, 0.3) is 0 Å². The molecule has 2 rings (SSSR count). The molecule has 1 unspecified atom stereocenters. The Morgan fingerprint density at radius 1 is 1.39 bits per heavy atom. The summed E-state index contributed by atoms with van der Waals surface area (Å²) in [6.07, 6.45) is 8.95. The first-order chi connectivity index (χ1) is 8.83. The molecule has 100 valence electrons. The van der Waals surface area contributed by atoms with Crippen LogP contribution in [0.5, 0.6) is 5.75 Å². The third kappa shape index (κ3) is 3.98. The van der Waals surface area contributed by atoms with Crippen LogP contribution in [-0.4, -0.2) is 18.1 Å². The lowest BCUT2D eigenvalue weighted by Gasteiger charge is -2.19. The highest BCUT2D eigenvalue weighted by Crippen LogP contribution is 2.37. The maximum atomic E-state index is 5.53. The predicted octanol–water partition coefficient (Wildman–Crippen LogP) is 3.32. The fourth-order valence-corrected chi connectivity index (χ4v) is 2.21. The van der Waals surface area contributed by atoms with Gasteiger partial charge >= 0.3 is 0 Å². The van der Waals surface area contributed by atoms with Crippen LogP contribution >= 0.6 is 0 Å². The number of pyridine rings is 1. The molecule has 1 saturated carbocycles. The monoisotopic (exact) mass is 248 g/mol. The zero-order valence-corrected chi connectivity index (χ0v) is 11.5. The van der Waals surface area contributed by atoms with Gasteiger partial charge in [-0.25, -0.2) is 0 Å². The predicted molar refractivity (Wildman–Crippen MR) is 73.8 cm³/mol. The molecule has 3 heteroatoms. The van der Waals surface area contributed by atoms with Gasteiger partial charge in [-0.15, -0.1) is 0 Å². The van der Waals surface area contributed by atoms with Crippen LogP contribution in [0.1, 0.15) is 51.1 Å². The summed E-state index contributed by atoms with van der Waals surface area (Å²) >= 11 is 0. The lowest BCUT2D eigenvalue weighted by molar-refractivity contribution is 0.337. The summed E-state index contributed by atoms with van der Waals surface area (Å²) in [6, 6.07) is 2.57. The van der Waals surface area contributed by atoms with Crippen LogP contribution in [0.15, 0.2) is 18.5 Å². The van der Waals surface area contributed by atoms with E-state index in [0.717, 1.165) is 18.2 Å². The first kappa shape index (κ1) is 13.3. The van der Waals surface area contributed by atoms with Crippen LogP contribution in [0.2, 0.25) is 0 Å². The zero-order valence-electron chi connectivity index (χ0n) is 11.5. The third-order valence-corrected chi connectivity index (χ3v) is 3.35. The number of nitrogens with one attached hydrogen (secondary N) is 1. The Bertz CT molecular complexity index is 363. The van der Waals surface area contributed by atoms with Crippen molar-refractivity contribution in [2.75, 3.05) is 13.2 Å². The molecule has 0 spiro atoms. The second-order valence-corrected chi connectivity index (χ2v) is 5.07. The first-order valence-corrected chi connectivity index (χ1v) is 7.14. The van der Waals surface area contributed by atoms with Crippen molar-refractivity contribution in [1.29, 1.82) is 0 Å². The quantitative estimate of drug-likeness (QED) is 0.766. The van der Waals surface area contributed by atoms with E-state index in [1.807, 2.05) is 13.1 Å². The third-order valence-electron chi connectivity index (χ3n) is 3.35. The van der Waals surface area contributed by atoms with Crippen molar-refractivity contribution in [2.24, 2.45) is 5.92 Å². The average Bonchev–Trinajstić information content (AvgIpc) is 3.19. The molecule has 1 heterocycles. The van der Waals surface area contributed by atoms with Crippen molar-refractivity contribution < 1.29 is 4.74 Å². The van der Waals surface area contributed by atoms with Crippen molar-refractivity contribution in [1.82, 2.24) is 10.3 Å². The van der Waals surface area contributed by atoms with Crippen LogP contribution in [-0.2, 0) is 0 Å². The SMILES string of the molecule is CCCNC(CC1CC1)c1cncc(OCC)c1. The Morgan fingerprint density at radius 2 is 2.22 bits per heavy atom. The minimum absolute atomic E-state index is 0.436. The molecule has 0 bridgehead atoms. The molecule has 0 aliphatic heterocycles. The summed E-state index contributed by atoms with van der Waals surface area (Å²) in [7, 11) is 0. The topological polar surface area (TPSA) is 34.2 Å². The number of rotatable bonds is 8. The minimum atomic E-state index is 0.436. The number of nitrogens with zero attached hydrogens (tertiary/aromatic N) is 1. The van der Waals surface area contributed by atoms with Crippen LogP contribution in [0.3, 0.4) is 0 Å². The molecule has 0 amide bonds. The molecular formula is C15H24N2O. The molecule has 1 aromatic rings. The van der Waals surface area contributed by atoms with E-state index in [0.29, 0.717) is 12.6 Å². The van der Waals surface area contributed by atoms with Crippen molar-refractivity contribution in [3.8, 4) is 5.75 Å². The molecule has 0 aromatic carbocycles. The molecule has 0 radical (unpaired) electrons. The molecule has 1 N–H and O–H groups in total. The van der Waals surface area contributed by atoms with Gasteiger partial charge in [0.15, 0.2) is 0 Å². The van der Waals surface area contributed by atoms with E-state index in [1.165, 1.54) is 31.2 Å². The fourth-order valence-electron chi connectivity index (χ4n) is 2.21. The molecule has 1 fully saturated rings. The molecular weight excluding hydrogens is 224 g/mol. The summed E-state index contributed by atoms with van der Waals surface area (Å²) in [6.45, 7) is 5.97. The van der Waals surface area contributed by atoms with E-state index in [-0.39, 0.29) is 0 Å². The summed E-state index contributed by atoms with van der Waals surface area (Å²) in [5.41, 5.74) is 1.27. The Hall–Kier alpha value is -1.09. The maximum Gasteiger partial charge on any atom is 0.137 e. The number of hydrogen-bond donors (Lipinski definition) is 1. The number of hydrogen-bond acceptors (Lipinski definition) is 3. The Labute approximate surface area is 110 Å². The molecule has 1 atom stereocenters. The molecule has 1 aliphatic rings. The van der Waals surface area contributed by atoms with E-state index in [1.54, 1.807) is 6.20 Å². The van der Waals surface area contributed by atoms with Gasteiger partial charge in [0.1, 0.15) is 5.75 Å². The zero-order chi connectivity index (χ0) is 12.8. The fraction of sp³-hybridized carbons (Fsp3) is 0.667. The lowest BCUT2D eigenvalue weighted by Crippen LogP contribution is -2.22. The Morgan fingerprint density at radius 3 is 2.89 bits per heavy atom. The van der Waals surface area contributed by atoms with Crippen molar-refractivity contribution in [2.45, 2.75) is 45.6 Å². The van der Waals surface area contributed by atoms with Gasteiger partial charge in [-0.05, 0) is 43.9 Å². The van der Waals surface area contributed by atoms with Crippen LogP contribution in [0, 0.1) is 5.92 Å². The van der Waals surface area contributed by atoms with Crippen LogP contribution in [0.4, 0.5) is 0 Å². The number of aromatic nitrogens is 1. The maximum absolute atomic E-state index is 5.53. The van der Waals surface area contributed by atoms with E-state index in [4.69, 9.17) is 4.74 Å². The van der Waals surface area contributed by atoms with Crippen LogP contribution < -0.4 is 10.1 Å². The largest absolute Gasteiger partial charge is 0.492 e. The normalized spacial score (nSPS) is 16.6. The van der Waals surface area contributed by atoms with Crippen LogP contribution in [0.25, 0.3) is 0 Å². The Kier molecular flexibility index (Phi) is 5.00. The molecule has 1 aliphatic carbocycles. The van der Waals surface area contributed by atoms with E-state index in [2.05, 4.69) is 23.3 Å². The second-order valence-electron chi connectivity index (χ2n) is 5.07. The van der Waals surface area contributed by atoms with Crippen molar-refractivity contribution >= 4 is 0 Å². The van der Waals surface area contributed by atoms with Gasteiger partial charge in [-0.3, -0.25) is 4.98 Å². The van der Waals surface area contributed by atoms with Gasteiger partial charge in [0.2, 0.25) is 0 Å². The number of ether oxygens (including phenoxy) is 1. The molecule has 3 nitrogen and oxygen atoms in total. The smallest absolute Gasteiger partial charge is 0.137 e. The lowest BCUT2D eigenvalue weighted by atomic mass is 10.0. The van der Waals surface area contributed by atoms with Gasteiger partial charge in [-0.1, -0.05) is 19.8 Å². The van der Waals surface area contributed by atoms with E-state index >= 15 is 0 Å². The highest BCUT2D eigenvalue weighted by Gasteiger charge is 2.26. The van der Waals surface area contributed by atoms with E-state index in [9.17, 15) is 0 Å². The van der Waals surface area contributed by atoms with Gasteiger partial charge in [0, 0.05) is 12.2 Å². The van der Waals surface area contributed by atoms with Gasteiger partial charge < -0.3 is 10.1 Å². The summed E-state index contributed by atoms with van der Waals surface area (Å²) in [5.74, 6) is 1.80. The summed E-state index contributed by atoms with van der Waals surface area (Å²) < 4.78 is 5.53. The van der Waals surface area contributed by atoms with Crippen molar-refractivity contribution in [3.63, 3.8) is 0 Å². The second kappa shape index (κ2) is 6.74. The standard InChI is InChI=1S/C15H24N2O/c1-3-7-17-15(8-12-5-6-12)13-9-14(18-4-2)11-16-10-13/h9-12,15,17H,3-8H2,1-2H3. The first-order valence-electron chi connectivity index (χ1n) is 7.14. The highest BCUT2D eigenvalue weighted by molar-refractivity contribution is 5.26. The highest BCUT2D eigenvalue weighted by atomic mass is 16.5. The molecule has 18 heavy (non-hydrogen) atoms. The summed E-state index contributed by atoms with van der Waals surface area (Å²) in [4.78, 5) is 4.29. The van der Waals surface area contributed by atoms with Gasteiger partial charge in [-0.2, -0.15) is 0 Å². The summed E-state index contributed by atoms with van der Waals surface area (Å²) in [5, 5.41) is 3.63. The minimum Gasteiger partial charge on any atom is -0.492 e.